The third kappa shape index (κ3) is 2.91. The highest BCUT2D eigenvalue weighted by molar-refractivity contribution is 5.38. The van der Waals surface area contributed by atoms with E-state index in [1.54, 1.807) is 19.9 Å². The summed E-state index contributed by atoms with van der Waals surface area (Å²) in [5.74, 6) is 0.0461. The van der Waals surface area contributed by atoms with Gasteiger partial charge in [0.15, 0.2) is 5.60 Å². The Labute approximate surface area is 98.0 Å². The molecule has 0 radical (unpaired) electrons. The van der Waals surface area contributed by atoms with E-state index in [0.717, 1.165) is 6.92 Å². The van der Waals surface area contributed by atoms with E-state index in [2.05, 4.69) is 0 Å². The average Bonchev–Trinajstić information content (AvgIpc) is 2.15. The van der Waals surface area contributed by atoms with Gasteiger partial charge >= 0.3 is 6.18 Å². The molecule has 0 bridgehead atoms. The third-order valence-electron chi connectivity index (χ3n) is 2.33. The van der Waals surface area contributed by atoms with Gasteiger partial charge in [0, 0.05) is 5.56 Å². The summed E-state index contributed by atoms with van der Waals surface area (Å²) >= 11 is 0. The van der Waals surface area contributed by atoms with Crippen LogP contribution in [0.2, 0.25) is 0 Å². The fourth-order valence-corrected chi connectivity index (χ4v) is 1.38. The number of halogens is 3. The molecule has 96 valence electrons. The van der Waals surface area contributed by atoms with Crippen LogP contribution in [0, 0.1) is 0 Å². The smallest absolute Gasteiger partial charge is 0.421 e. The molecule has 0 aliphatic rings. The van der Waals surface area contributed by atoms with E-state index in [4.69, 9.17) is 4.74 Å². The van der Waals surface area contributed by atoms with Crippen LogP contribution in [0.15, 0.2) is 24.3 Å². The molecule has 0 aliphatic carbocycles. The van der Waals surface area contributed by atoms with Crippen molar-refractivity contribution in [2.75, 3.05) is 0 Å². The Morgan fingerprint density at radius 2 is 1.71 bits per heavy atom. The minimum Gasteiger partial charge on any atom is -0.491 e. The van der Waals surface area contributed by atoms with Crippen molar-refractivity contribution in [1.82, 2.24) is 0 Å². The van der Waals surface area contributed by atoms with Gasteiger partial charge in [-0.2, -0.15) is 13.2 Å². The lowest BCUT2D eigenvalue weighted by atomic mass is 9.94. The van der Waals surface area contributed by atoms with E-state index >= 15 is 0 Å². The molecule has 0 spiro atoms. The van der Waals surface area contributed by atoms with Crippen molar-refractivity contribution < 1.29 is 23.0 Å². The summed E-state index contributed by atoms with van der Waals surface area (Å²) < 4.78 is 43.5. The molecular weight excluding hydrogens is 233 g/mol. The summed E-state index contributed by atoms with van der Waals surface area (Å²) in [5, 5.41) is 9.61. The molecule has 1 rings (SSSR count). The topological polar surface area (TPSA) is 29.5 Å². The first-order valence-electron chi connectivity index (χ1n) is 5.21. The Balaban J connectivity index is 3.22. The maximum absolute atomic E-state index is 12.7. The van der Waals surface area contributed by atoms with Gasteiger partial charge < -0.3 is 9.84 Å². The number of benzene rings is 1. The van der Waals surface area contributed by atoms with Gasteiger partial charge in [0.1, 0.15) is 5.75 Å². The van der Waals surface area contributed by atoms with E-state index in [-0.39, 0.29) is 17.4 Å². The standard InChI is InChI=1S/C12H15F3O2/c1-8(2)17-10-7-5-4-6-9(10)11(3,16)12(13,14)15/h4-8,16H,1-3H3. The number of hydrogen-bond acceptors (Lipinski definition) is 2. The molecule has 0 aromatic heterocycles. The lowest BCUT2D eigenvalue weighted by Crippen LogP contribution is -2.39. The number of hydrogen-bond donors (Lipinski definition) is 1. The van der Waals surface area contributed by atoms with Crippen molar-refractivity contribution in [1.29, 1.82) is 0 Å². The predicted molar refractivity (Wildman–Crippen MR) is 57.8 cm³/mol. The molecule has 1 aromatic carbocycles. The second-order valence-electron chi connectivity index (χ2n) is 4.23. The Morgan fingerprint density at radius 1 is 1.18 bits per heavy atom. The lowest BCUT2D eigenvalue weighted by molar-refractivity contribution is -0.259. The third-order valence-corrected chi connectivity index (χ3v) is 2.33. The Kier molecular flexibility index (Phi) is 3.71. The van der Waals surface area contributed by atoms with Crippen LogP contribution in [0.3, 0.4) is 0 Å². The summed E-state index contributed by atoms with van der Waals surface area (Å²) in [6.07, 6.45) is -5.01. The highest BCUT2D eigenvalue weighted by Gasteiger charge is 2.52. The number of aliphatic hydroxyl groups is 1. The van der Waals surface area contributed by atoms with Crippen LogP contribution in [-0.4, -0.2) is 17.4 Å². The highest BCUT2D eigenvalue weighted by atomic mass is 19.4. The predicted octanol–water partition coefficient (Wildman–Crippen LogP) is 3.24. The van der Waals surface area contributed by atoms with Gasteiger partial charge in [-0.25, -0.2) is 0 Å². The summed E-state index contributed by atoms with van der Waals surface area (Å²) in [7, 11) is 0. The largest absolute Gasteiger partial charge is 0.491 e. The van der Waals surface area contributed by atoms with Gasteiger partial charge in [-0.3, -0.25) is 0 Å². The Hall–Kier alpha value is -1.23. The zero-order valence-electron chi connectivity index (χ0n) is 9.88. The van der Waals surface area contributed by atoms with Crippen LogP contribution in [-0.2, 0) is 5.60 Å². The second kappa shape index (κ2) is 4.56. The molecule has 1 atom stereocenters. The minimum atomic E-state index is -4.75. The Morgan fingerprint density at radius 3 is 2.18 bits per heavy atom. The monoisotopic (exact) mass is 248 g/mol. The van der Waals surface area contributed by atoms with Crippen molar-refractivity contribution >= 4 is 0 Å². The van der Waals surface area contributed by atoms with Crippen molar-refractivity contribution in [2.45, 2.75) is 38.7 Å². The maximum Gasteiger partial charge on any atom is 0.421 e. The molecule has 0 amide bonds. The Bertz CT molecular complexity index is 384. The van der Waals surface area contributed by atoms with Gasteiger partial charge in [0.2, 0.25) is 0 Å². The molecule has 0 heterocycles. The van der Waals surface area contributed by atoms with Gasteiger partial charge in [-0.15, -0.1) is 0 Å². The van der Waals surface area contributed by atoms with E-state index in [0.29, 0.717) is 0 Å². The van der Waals surface area contributed by atoms with E-state index in [9.17, 15) is 18.3 Å². The van der Waals surface area contributed by atoms with Crippen LogP contribution in [0.4, 0.5) is 13.2 Å². The summed E-state index contributed by atoms with van der Waals surface area (Å²) in [6.45, 7) is 4.13. The number of alkyl halides is 3. The summed E-state index contributed by atoms with van der Waals surface area (Å²) in [6, 6.07) is 5.62. The first kappa shape index (κ1) is 13.8. The van der Waals surface area contributed by atoms with Gasteiger partial charge in [0.25, 0.3) is 0 Å². The molecule has 1 aromatic rings. The molecular formula is C12H15F3O2. The zero-order chi connectivity index (χ0) is 13.3. The molecule has 0 fully saturated rings. The highest BCUT2D eigenvalue weighted by Crippen LogP contribution is 2.42. The maximum atomic E-state index is 12.7. The molecule has 2 nitrogen and oxygen atoms in total. The van der Waals surface area contributed by atoms with E-state index in [1.807, 2.05) is 0 Å². The van der Waals surface area contributed by atoms with Crippen LogP contribution < -0.4 is 4.74 Å². The fourth-order valence-electron chi connectivity index (χ4n) is 1.38. The molecule has 0 aliphatic heterocycles. The van der Waals surface area contributed by atoms with Crippen molar-refractivity contribution in [3.63, 3.8) is 0 Å². The quantitative estimate of drug-likeness (QED) is 0.889. The lowest BCUT2D eigenvalue weighted by Gasteiger charge is -2.28. The number of ether oxygens (including phenoxy) is 1. The molecule has 1 unspecified atom stereocenters. The summed E-state index contributed by atoms with van der Waals surface area (Å²) in [5.41, 5.74) is -3.19. The molecule has 1 N–H and O–H groups in total. The normalized spacial score (nSPS) is 15.8. The van der Waals surface area contributed by atoms with Crippen molar-refractivity contribution in [3.05, 3.63) is 29.8 Å². The summed E-state index contributed by atoms with van der Waals surface area (Å²) in [4.78, 5) is 0. The average molecular weight is 248 g/mol. The van der Waals surface area contributed by atoms with Gasteiger partial charge in [-0.1, -0.05) is 18.2 Å². The fraction of sp³-hybridized carbons (Fsp3) is 0.500. The van der Waals surface area contributed by atoms with Gasteiger partial charge in [-0.05, 0) is 26.8 Å². The first-order chi connectivity index (χ1) is 7.66. The second-order valence-corrected chi connectivity index (χ2v) is 4.23. The molecule has 0 saturated carbocycles. The van der Waals surface area contributed by atoms with Crippen LogP contribution >= 0.6 is 0 Å². The molecule has 5 heteroatoms. The number of para-hydroxylation sites is 1. The van der Waals surface area contributed by atoms with E-state index in [1.165, 1.54) is 18.2 Å². The number of rotatable bonds is 3. The zero-order valence-corrected chi connectivity index (χ0v) is 9.88. The van der Waals surface area contributed by atoms with Crippen molar-refractivity contribution in [2.24, 2.45) is 0 Å². The first-order valence-corrected chi connectivity index (χ1v) is 5.21. The molecule has 0 saturated heterocycles. The minimum absolute atomic E-state index is 0.0461. The molecule has 17 heavy (non-hydrogen) atoms. The SMILES string of the molecule is CC(C)Oc1ccccc1C(C)(O)C(F)(F)F. The van der Waals surface area contributed by atoms with Crippen LogP contribution in [0.1, 0.15) is 26.3 Å². The van der Waals surface area contributed by atoms with Crippen molar-refractivity contribution in [3.8, 4) is 5.75 Å². The van der Waals surface area contributed by atoms with Crippen LogP contribution in [0.5, 0.6) is 5.75 Å². The van der Waals surface area contributed by atoms with Gasteiger partial charge in [0.05, 0.1) is 6.10 Å². The van der Waals surface area contributed by atoms with Crippen LogP contribution in [0.25, 0.3) is 0 Å². The van der Waals surface area contributed by atoms with E-state index < -0.39 is 11.8 Å².